The summed E-state index contributed by atoms with van der Waals surface area (Å²) in [4.78, 5) is 14.7. The van der Waals surface area contributed by atoms with Gasteiger partial charge in [-0.05, 0) is 35.7 Å². The summed E-state index contributed by atoms with van der Waals surface area (Å²) in [6.07, 6.45) is 1.70. The maximum Gasteiger partial charge on any atom is 0.232 e. The molecule has 0 aromatic heterocycles. The third-order valence-electron chi connectivity index (χ3n) is 5.35. The molecule has 10 heteroatoms. The second kappa shape index (κ2) is 12.0. The minimum absolute atomic E-state index is 0.129. The number of morpholine rings is 1. The standard InChI is InChI=1S/C23H29Cl2N3O4S/c1-33(30,31)28(20-7-8-21(24)22(25)15-20)9-3-6-23(29)26-16-18-4-2-5-19(14-18)17-27-10-12-32-13-11-27/h2,4-5,7-8,14-15H,3,6,9-13,16-17H2,1H3,(H,26,29). The van der Waals surface area contributed by atoms with Crippen LogP contribution < -0.4 is 9.62 Å². The quantitative estimate of drug-likeness (QED) is 0.524. The largest absolute Gasteiger partial charge is 0.379 e. The van der Waals surface area contributed by atoms with Gasteiger partial charge in [-0.15, -0.1) is 0 Å². The minimum Gasteiger partial charge on any atom is -0.379 e. The molecular weight excluding hydrogens is 485 g/mol. The van der Waals surface area contributed by atoms with Crippen LogP contribution in [0.5, 0.6) is 0 Å². The lowest BCUT2D eigenvalue weighted by molar-refractivity contribution is -0.121. The maximum atomic E-state index is 12.3. The van der Waals surface area contributed by atoms with E-state index in [2.05, 4.69) is 22.3 Å². The fraction of sp³-hybridized carbons (Fsp3) is 0.435. The van der Waals surface area contributed by atoms with Gasteiger partial charge in [0, 0.05) is 39.1 Å². The van der Waals surface area contributed by atoms with Gasteiger partial charge in [-0.3, -0.25) is 14.0 Å². The average molecular weight is 514 g/mol. The molecule has 1 amide bonds. The Bertz CT molecular complexity index is 1060. The number of nitrogens with one attached hydrogen (secondary N) is 1. The molecule has 1 saturated heterocycles. The molecule has 2 aromatic rings. The third kappa shape index (κ3) is 8.15. The Hall–Kier alpha value is -1.84. The van der Waals surface area contributed by atoms with Crippen LogP contribution in [-0.2, 0) is 32.6 Å². The van der Waals surface area contributed by atoms with Crippen molar-refractivity contribution in [3.05, 3.63) is 63.6 Å². The Balaban J connectivity index is 1.48. The first kappa shape index (κ1) is 25.8. The van der Waals surface area contributed by atoms with E-state index < -0.39 is 10.0 Å². The Kier molecular flexibility index (Phi) is 9.40. The number of hydrogen-bond acceptors (Lipinski definition) is 5. The van der Waals surface area contributed by atoms with Crippen LogP contribution in [-0.4, -0.2) is 58.3 Å². The number of halogens is 2. The summed E-state index contributed by atoms with van der Waals surface area (Å²) in [5.74, 6) is -0.129. The molecule has 0 bridgehead atoms. The van der Waals surface area contributed by atoms with Gasteiger partial charge in [0.1, 0.15) is 0 Å². The first-order valence-corrected chi connectivity index (χ1v) is 13.4. The van der Waals surface area contributed by atoms with Gasteiger partial charge < -0.3 is 10.1 Å². The van der Waals surface area contributed by atoms with Crippen molar-refractivity contribution in [1.82, 2.24) is 10.2 Å². The minimum atomic E-state index is -3.53. The Morgan fingerprint density at radius 2 is 1.82 bits per heavy atom. The van der Waals surface area contributed by atoms with Crippen LogP contribution >= 0.6 is 23.2 Å². The first-order chi connectivity index (χ1) is 15.7. The van der Waals surface area contributed by atoms with E-state index in [1.807, 2.05) is 12.1 Å². The highest BCUT2D eigenvalue weighted by Crippen LogP contribution is 2.28. The number of nitrogens with zero attached hydrogens (tertiary/aromatic N) is 2. The SMILES string of the molecule is CS(=O)(=O)N(CCCC(=O)NCc1cccc(CN2CCOCC2)c1)c1ccc(Cl)c(Cl)c1. The highest BCUT2D eigenvalue weighted by molar-refractivity contribution is 7.92. The number of amides is 1. The molecule has 33 heavy (non-hydrogen) atoms. The van der Waals surface area contributed by atoms with Gasteiger partial charge in [0.15, 0.2) is 0 Å². The van der Waals surface area contributed by atoms with Crippen LogP contribution in [0, 0.1) is 0 Å². The zero-order valence-corrected chi connectivity index (χ0v) is 20.9. The molecule has 1 aliphatic rings. The van der Waals surface area contributed by atoms with Gasteiger partial charge >= 0.3 is 0 Å². The van der Waals surface area contributed by atoms with Crippen LogP contribution in [0.2, 0.25) is 10.0 Å². The van der Waals surface area contributed by atoms with Gasteiger partial charge in [0.25, 0.3) is 0 Å². The summed E-state index contributed by atoms with van der Waals surface area (Å²) in [5, 5.41) is 3.54. The second-order valence-electron chi connectivity index (χ2n) is 8.02. The smallest absolute Gasteiger partial charge is 0.232 e. The van der Waals surface area contributed by atoms with Gasteiger partial charge in [0.2, 0.25) is 15.9 Å². The molecule has 1 fully saturated rings. The monoisotopic (exact) mass is 513 g/mol. The maximum absolute atomic E-state index is 12.3. The van der Waals surface area contributed by atoms with E-state index in [9.17, 15) is 13.2 Å². The predicted octanol–water partition coefficient (Wildman–Crippen LogP) is 3.69. The van der Waals surface area contributed by atoms with Gasteiger partial charge in [0.05, 0.1) is 35.2 Å². The highest BCUT2D eigenvalue weighted by atomic mass is 35.5. The van der Waals surface area contributed by atoms with Crippen molar-refractivity contribution in [1.29, 1.82) is 0 Å². The summed E-state index contributed by atoms with van der Waals surface area (Å²) >= 11 is 12.0. The van der Waals surface area contributed by atoms with Crippen molar-refractivity contribution >= 4 is 44.8 Å². The van der Waals surface area contributed by atoms with E-state index in [4.69, 9.17) is 27.9 Å². The molecule has 1 N–H and O–H groups in total. The normalized spacial score (nSPS) is 14.8. The molecule has 0 radical (unpaired) electrons. The number of rotatable bonds is 10. The van der Waals surface area contributed by atoms with Crippen molar-refractivity contribution in [2.24, 2.45) is 0 Å². The number of sulfonamides is 1. The van der Waals surface area contributed by atoms with Gasteiger partial charge in [-0.25, -0.2) is 8.42 Å². The van der Waals surface area contributed by atoms with E-state index in [-0.39, 0.29) is 23.9 Å². The summed E-state index contributed by atoms with van der Waals surface area (Å²) in [7, 11) is -3.53. The van der Waals surface area contributed by atoms with Crippen molar-refractivity contribution in [3.63, 3.8) is 0 Å². The lowest BCUT2D eigenvalue weighted by Gasteiger charge is -2.26. The zero-order valence-electron chi connectivity index (χ0n) is 18.6. The molecule has 1 heterocycles. The van der Waals surface area contributed by atoms with Crippen LogP contribution in [0.4, 0.5) is 5.69 Å². The Morgan fingerprint density at radius 1 is 1.09 bits per heavy atom. The first-order valence-electron chi connectivity index (χ1n) is 10.8. The fourth-order valence-electron chi connectivity index (χ4n) is 3.65. The van der Waals surface area contributed by atoms with Crippen molar-refractivity contribution < 1.29 is 17.9 Å². The Morgan fingerprint density at radius 3 is 2.52 bits per heavy atom. The topological polar surface area (TPSA) is 79.0 Å². The van der Waals surface area contributed by atoms with E-state index in [1.165, 1.54) is 15.9 Å². The molecule has 0 atom stereocenters. The highest BCUT2D eigenvalue weighted by Gasteiger charge is 2.18. The van der Waals surface area contributed by atoms with Crippen LogP contribution in [0.15, 0.2) is 42.5 Å². The molecule has 0 aliphatic carbocycles. The number of anilines is 1. The molecular formula is C23H29Cl2N3O4S. The predicted molar refractivity (Wildman–Crippen MR) is 132 cm³/mol. The Labute approximate surface area is 205 Å². The zero-order chi connectivity index (χ0) is 23.8. The second-order valence-corrected chi connectivity index (χ2v) is 10.7. The fourth-order valence-corrected chi connectivity index (χ4v) is 4.90. The van der Waals surface area contributed by atoms with Crippen LogP contribution in [0.1, 0.15) is 24.0 Å². The molecule has 0 saturated carbocycles. The number of benzene rings is 2. The van der Waals surface area contributed by atoms with E-state index in [1.54, 1.807) is 12.1 Å². The van der Waals surface area contributed by atoms with Crippen LogP contribution in [0.3, 0.4) is 0 Å². The molecule has 2 aromatic carbocycles. The van der Waals surface area contributed by atoms with E-state index in [0.29, 0.717) is 23.7 Å². The van der Waals surface area contributed by atoms with Gasteiger partial charge in [-0.2, -0.15) is 0 Å². The molecule has 7 nitrogen and oxygen atoms in total. The number of ether oxygens (including phenoxy) is 1. The summed E-state index contributed by atoms with van der Waals surface area (Å²) < 4.78 is 31.1. The molecule has 180 valence electrons. The lowest BCUT2D eigenvalue weighted by atomic mass is 10.1. The number of carbonyl (C=O) groups excluding carboxylic acids is 1. The summed E-state index contributed by atoms with van der Waals surface area (Å²) in [5.41, 5.74) is 2.65. The van der Waals surface area contributed by atoms with Crippen molar-refractivity contribution in [2.75, 3.05) is 43.4 Å². The molecule has 0 spiro atoms. The number of hydrogen-bond donors (Lipinski definition) is 1. The van der Waals surface area contributed by atoms with E-state index in [0.717, 1.165) is 44.7 Å². The third-order valence-corrected chi connectivity index (χ3v) is 7.28. The average Bonchev–Trinajstić information content (AvgIpc) is 2.77. The lowest BCUT2D eigenvalue weighted by Crippen LogP contribution is -2.35. The summed E-state index contributed by atoms with van der Waals surface area (Å²) in [6, 6.07) is 12.8. The van der Waals surface area contributed by atoms with Gasteiger partial charge in [-0.1, -0.05) is 47.5 Å². The number of carbonyl (C=O) groups is 1. The van der Waals surface area contributed by atoms with Crippen molar-refractivity contribution in [3.8, 4) is 0 Å². The molecule has 1 aliphatic heterocycles. The molecule has 0 unspecified atom stereocenters. The van der Waals surface area contributed by atoms with Crippen LogP contribution in [0.25, 0.3) is 0 Å². The van der Waals surface area contributed by atoms with E-state index >= 15 is 0 Å². The molecule has 3 rings (SSSR count). The van der Waals surface area contributed by atoms with Crippen molar-refractivity contribution in [2.45, 2.75) is 25.9 Å². The summed E-state index contributed by atoms with van der Waals surface area (Å²) in [6.45, 7) is 4.83.